The van der Waals surface area contributed by atoms with Gasteiger partial charge in [0.1, 0.15) is 0 Å². The molecule has 0 bridgehead atoms. The summed E-state index contributed by atoms with van der Waals surface area (Å²) in [5.74, 6) is 0.259. The number of hydrogen-bond acceptors (Lipinski definition) is 5. The van der Waals surface area contributed by atoms with Gasteiger partial charge in [0.15, 0.2) is 5.76 Å². The number of amides is 2. The number of carbonyl (C=O) groups is 2. The van der Waals surface area contributed by atoms with Gasteiger partial charge < -0.3 is 19.8 Å². The summed E-state index contributed by atoms with van der Waals surface area (Å²) < 4.78 is 10.5. The summed E-state index contributed by atoms with van der Waals surface area (Å²) in [6, 6.07) is 6.62. The van der Waals surface area contributed by atoms with Crippen molar-refractivity contribution in [2.24, 2.45) is 5.92 Å². The molecule has 2 heterocycles. The van der Waals surface area contributed by atoms with E-state index >= 15 is 0 Å². The van der Waals surface area contributed by atoms with Crippen molar-refractivity contribution in [3.8, 4) is 0 Å². The molecule has 0 spiro atoms. The van der Waals surface area contributed by atoms with Crippen LogP contribution < -0.4 is 10.6 Å². The number of ether oxygens (including phenoxy) is 1. The molecule has 2 amide bonds. The molecule has 0 fully saturated rings. The fourth-order valence-corrected chi connectivity index (χ4v) is 2.71. The second-order valence-electron chi connectivity index (χ2n) is 5.67. The zero-order valence-corrected chi connectivity index (χ0v) is 14.7. The van der Waals surface area contributed by atoms with E-state index in [2.05, 4.69) is 24.5 Å². The fourth-order valence-electron chi connectivity index (χ4n) is 1.89. The number of anilines is 1. The van der Waals surface area contributed by atoms with Gasteiger partial charge in [-0.15, -0.1) is 11.3 Å². The monoisotopic (exact) mass is 350 g/mol. The van der Waals surface area contributed by atoms with Crippen LogP contribution in [0, 0.1) is 5.92 Å². The maximum Gasteiger partial charge on any atom is 0.291 e. The number of hydrogen-bond donors (Lipinski definition) is 2. The van der Waals surface area contributed by atoms with E-state index in [-0.39, 0.29) is 17.6 Å². The van der Waals surface area contributed by atoms with Crippen LogP contribution in [0.2, 0.25) is 0 Å². The van der Waals surface area contributed by atoms with Gasteiger partial charge in [-0.05, 0) is 36.6 Å². The third kappa shape index (κ3) is 5.82. The van der Waals surface area contributed by atoms with Crippen LogP contribution in [0.1, 0.15) is 40.5 Å². The van der Waals surface area contributed by atoms with E-state index in [1.807, 2.05) is 0 Å². The zero-order chi connectivity index (χ0) is 17.4. The molecule has 0 saturated heterocycles. The number of furan rings is 1. The van der Waals surface area contributed by atoms with Crippen molar-refractivity contribution < 1.29 is 18.7 Å². The molecule has 7 heteroatoms. The quantitative estimate of drug-likeness (QED) is 0.679. The number of nitrogens with one attached hydrogen (secondary N) is 2. The molecule has 130 valence electrons. The highest BCUT2D eigenvalue weighted by atomic mass is 32.1. The van der Waals surface area contributed by atoms with Crippen LogP contribution in [-0.2, 0) is 4.74 Å². The minimum atomic E-state index is -0.337. The van der Waals surface area contributed by atoms with Crippen LogP contribution in [-0.4, -0.2) is 31.6 Å². The van der Waals surface area contributed by atoms with Crippen LogP contribution in [0.15, 0.2) is 34.9 Å². The van der Waals surface area contributed by atoms with Crippen molar-refractivity contribution in [3.63, 3.8) is 0 Å². The maximum absolute atomic E-state index is 12.0. The van der Waals surface area contributed by atoms with E-state index in [9.17, 15) is 9.59 Å². The van der Waals surface area contributed by atoms with Gasteiger partial charge >= 0.3 is 0 Å². The van der Waals surface area contributed by atoms with E-state index in [0.717, 1.165) is 13.0 Å². The lowest BCUT2D eigenvalue weighted by atomic mass is 10.2. The smallest absolute Gasteiger partial charge is 0.291 e. The first-order valence-electron chi connectivity index (χ1n) is 7.87. The summed E-state index contributed by atoms with van der Waals surface area (Å²) in [5.41, 5.74) is 0. The Balaban J connectivity index is 1.72. The summed E-state index contributed by atoms with van der Waals surface area (Å²) >= 11 is 1.22. The molecular formula is C17H22N2O4S. The first-order chi connectivity index (χ1) is 11.6. The lowest BCUT2D eigenvalue weighted by Gasteiger charge is -2.07. The zero-order valence-electron chi connectivity index (χ0n) is 13.8. The molecule has 0 aliphatic carbocycles. The Bertz CT molecular complexity index is 649. The molecule has 0 aromatic carbocycles. The Morgan fingerprint density at radius 1 is 1.25 bits per heavy atom. The highest BCUT2D eigenvalue weighted by molar-refractivity contribution is 7.18. The van der Waals surface area contributed by atoms with Crippen LogP contribution in [0.5, 0.6) is 0 Å². The highest BCUT2D eigenvalue weighted by Gasteiger charge is 2.13. The van der Waals surface area contributed by atoms with Crippen molar-refractivity contribution >= 4 is 28.2 Å². The largest absolute Gasteiger partial charge is 0.459 e. The van der Waals surface area contributed by atoms with E-state index in [4.69, 9.17) is 9.15 Å². The van der Waals surface area contributed by atoms with Crippen molar-refractivity contribution in [1.29, 1.82) is 0 Å². The van der Waals surface area contributed by atoms with E-state index in [1.54, 1.807) is 24.3 Å². The SMILES string of the molecule is CC(C)COCCCNC(=O)c1ccc(NC(=O)c2ccco2)s1. The van der Waals surface area contributed by atoms with Gasteiger partial charge in [0.2, 0.25) is 0 Å². The van der Waals surface area contributed by atoms with Gasteiger partial charge in [-0.25, -0.2) is 0 Å². The molecule has 2 aromatic heterocycles. The fraction of sp³-hybridized carbons (Fsp3) is 0.412. The predicted octanol–water partition coefficient (Wildman–Crippen LogP) is 3.39. The van der Waals surface area contributed by atoms with Gasteiger partial charge in [-0.1, -0.05) is 13.8 Å². The summed E-state index contributed by atoms with van der Waals surface area (Å²) in [4.78, 5) is 24.5. The average Bonchev–Trinajstić information content (AvgIpc) is 3.21. The second kappa shape index (κ2) is 9.24. The second-order valence-corrected chi connectivity index (χ2v) is 6.76. The van der Waals surface area contributed by atoms with Crippen LogP contribution in [0.4, 0.5) is 5.00 Å². The molecule has 2 aromatic rings. The van der Waals surface area contributed by atoms with Gasteiger partial charge in [-0.3, -0.25) is 9.59 Å². The number of thiophene rings is 1. The van der Waals surface area contributed by atoms with Crippen molar-refractivity contribution in [3.05, 3.63) is 41.2 Å². The first-order valence-corrected chi connectivity index (χ1v) is 8.68. The lowest BCUT2D eigenvalue weighted by Crippen LogP contribution is -2.24. The normalized spacial score (nSPS) is 10.8. The van der Waals surface area contributed by atoms with E-state index in [0.29, 0.717) is 28.9 Å². The molecule has 0 aliphatic heterocycles. The molecule has 24 heavy (non-hydrogen) atoms. The first kappa shape index (κ1) is 18.2. The third-order valence-corrected chi connectivity index (χ3v) is 4.01. The molecule has 2 N–H and O–H groups in total. The van der Waals surface area contributed by atoms with Gasteiger partial charge in [0.05, 0.1) is 16.1 Å². The Morgan fingerprint density at radius 2 is 2.08 bits per heavy atom. The molecule has 0 aliphatic rings. The minimum absolute atomic E-state index is 0.151. The number of rotatable bonds is 9. The molecule has 0 radical (unpaired) electrons. The van der Waals surface area contributed by atoms with Crippen molar-refractivity contribution in [2.75, 3.05) is 25.1 Å². The van der Waals surface area contributed by atoms with E-state index < -0.39 is 0 Å². The van der Waals surface area contributed by atoms with Crippen molar-refractivity contribution in [2.45, 2.75) is 20.3 Å². The minimum Gasteiger partial charge on any atom is -0.459 e. The molecular weight excluding hydrogens is 328 g/mol. The Kier molecular flexibility index (Phi) is 7.02. The Morgan fingerprint density at radius 3 is 2.79 bits per heavy atom. The summed E-state index contributed by atoms with van der Waals surface area (Å²) in [7, 11) is 0. The lowest BCUT2D eigenvalue weighted by molar-refractivity contribution is 0.0927. The summed E-state index contributed by atoms with van der Waals surface area (Å²) in [6.07, 6.45) is 2.21. The molecule has 0 unspecified atom stereocenters. The van der Waals surface area contributed by atoms with Crippen LogP contribution in [0.3, 0.4) is 0 Å². The van der Waals surface area contributed by atoms with Crippen LogP contribution in [0.25, 0.3) is 0 Å². The summed E-state index contributed by atoms with van der Waals surface area (Å²) in [5, 5.41) is 6.14. The topological polar surface area (TPSA) is 80.6 Å². The summed E-state index contributed by atoms with van der Waals surface area (Å²) in [6.45, 7) is 6.12. The van der Waals surface area contributed by atoms with E-state index in [1.165, 1.54) is 17.6 Å². The van der Waals surface area contributed by atoms with Gasteiger partial charge in [-0.2, -0.15) is 0 Å². The maximum atomic E-state index is 12.0. The van der Waals surface area contributed by atoms with Gasteiger partial charge in [0, 0.05) is 19.8 Å². The predicted molar refractivity (Wildman–Crippen MR) is 93.6 cm³/mol. The Hall–Kier alpha value is -2.12. The Labute approximate surface area is 145 Å². The molecule has 0 saturated carbocycles. The number of carbonyl (C=O) groups excluding carboxylic acids is 2. The molecule has 0 atom stereocenters. The third-order valence-electron chi connectivity index (χ3n) is 3.01. The van der Waals surface area contributed by atoms with Crippen LogP contribution >= 0.6 is 11.3 Å². The van der Waals surface area contributed by atoms with Gasteiger partial charge in [0.25, 0.3) is 11.8 Å². The highest BCUT2D eigenvalue weighted by Crippen LogP contribution is 2.22. The van der Waals surface area contributed by atoms with Crippen molar-refractivity contribution in [1.82, 2.24) is 5.32 Å². The standard InChI is InChI=1S/C17H22N2O4S/c1-12(2)11-22-9-4-8-18-17(21)14-6-7-15(24-14)19-16(20)13-5-3-10-23-13/h3,5-7,10,12H,4,8-9,11H2,1-2H3,(H,18,21)(H,19,20). The molecule has 6 nitrogen and oxygen atoms in total. The molecule has 2 rings (SSSR count). The average molecular weight is 350 g/mol.